The van der Waals surface area contributed by atoms with Gasteiger partial charge in [0.2, 0.25) is 11.8 Å². The summed E-state index contributed by atoms with van der Waals surface area (Å²) in [6.07, 6.45) is 4.13. The number of hydrogen-bond donors (Lipinski definition) is 4. The lowest BCUT2D eigenvalue weighted by atomic mass is 10.0. The standard InChI is InChI=1S/C33H41N5O3/c1-24(2)26-13-15-28(16-14-26)36-33(40)32(35-18-5-19-38-20-22-41-23-21-38)27-11-8-25(9-12-27)10-17-31(39)37-30-7-4-3-6-29(30)34/h3-4,6-17,24,32,35H,5,18-23,34H2,1-2H3,(H,36,40)(H,37,39). The Bertz CT molecular complexity index is 1300. The number of nitrogens with two attached hydrogens (primary N) is 1. The Hall–Kier alpha value is -3.98. The molecule has 0 aliphatic carbocycles. The first kappa shape index (κ1) is 30.0. The van der Waals surface area contributed by atoms with E-state index in [1.54, 1.807) is 18.2 Å². The van der Waals surface area contributed by atoms with Crippen molar-refractivity contribution in [2.24, 2.45) is 0 Å². The molecule has 4 rings (SSSR count). The van der Waals surface area contributed by atoms with Gasteiger partial charge in [-0.25, -0.2) is 0 Å². The zero-order valence-corrected chi connectivity index (χ0v) is 23.9. The minimum Gasteiger partial charge on any atom is -0.397 e. The number of benzene rings is 3. The molecule has 0 bridgehead atoms. The van der Waals surface area contributed by atoms with E-state index in [-0.39, 0.29) is 11.8 Å². The van der Waals surface area contributed by atoms with Crippen LogP contribution in [-0.2, 0) is 14.3 Å². The molecular weight excluding hydrogens is 514 g/mol. The van der Waals surface area contributed by atoms with E-state index in [2.05, 4.69) is 46.8 Å². The van der Waals surface area contributed by atoms with Crippen LogP contribution in [0.3, 0.4) is 0 Å². The third kappa shape index (κ3) is 9.28. The molecule has 0 spiro atoms. The van der Waals surface area contributed by atoms with Crippen molar-refractivity contribution in [3.05, 3.63) is 95.6 Å². The predicted octanol–water partition coefficient (Wildman–Crippen LogP) is 5.04. The van der Waals surface area contributed by atoms with Gasteiger partial charge in [0.05, 0.1) is 24.6 Å². The third-order valence-corrected chi connectivity index (χ3v) is 7.13. The van der Waals surface area contributed by atoms with Crippen LogP contribution in [0, 0.1) is 0 Å². The molecule has 0 aromatic heterocycles. The summed E-state index contributed by atoms with van der Waals surface area (Å²) >= 11 is 0. The van der Waals surface area contributed by atoms with Gasteiger partial charge in [0.1, 0.15) is 6.04 Å². The monoisotopic (exact) mass is 555 g/mol. The van der Waals surface area contributed by atoms with Crippen LogP contribution in [0.5, 0.6) is 0 Å². The zero-order chi connectivity index (χ0) is 29.0. The molecule has 1 heterocycles. The summed E-state index contributed by atoms with van der Waals surface area (Å²) in [4.78, 5) is 28.2. The summed E-state index contributed by atoms with van der Waals surface area (Å²) in [6.45, 7) is 9.40. The SMILES string of the molecule is CC(C)c1ccc(NC(=O)C(NCCCN2CCOCC2)c2ccc(C=CC(=O)Nc3ccccc3N)cc2)cc1. The number of nitrogens with zero attached hydrogens (tertiary/aromatic N) is 1. The predicted molar refractivity (Wildman–Crippen MR) is 167 cm³/mol. The highest BCUT2D eigenvalue weighted by atomic mass is 16.5. The highest BCUT2D eigenvalue weighted by molar-refractivity contribution is 6.03. The van der Waals surface area contributed by atoms with E-state index in [1.165, 1.54) is 11.6 Å². The van der Waals surface area contributed by atoms with Crippen molar-refractivity contribution in [2.45, 2.75) is 32.2 Å². The Morgan fingerprint density at radius 2 is 1.61 bits per heavy atom. The van der Waals surface area contributed by atoms with Gasteiger partial charge >= 0.3 is 0 Å². The van der Waals surface area contributed by atoms with Crippen LogP contribution in [0.2, 0.25) is 0 Å². The van der Waals surface area contributed by atoms with Crippen LogP contribution in [0.4, 0.5) is 17.1 Å². The third-order valence-electron chi connectivity index (χ3n) is 7.13. The molecule has 1 unspecified atom stereocenters. The largest absolute Gasteiger partial charge is 0.397 e. The van der Waals surface area contributed by atoms with E-state index < -0.39 is 6.04 Å². The van der Waals surface area contributed by atoms with Crippen LogP contribution >= 0.6 is 0 Å². The molecule has 2 amide bonds. The van der Waals surface area contributed by atoms with Crippen LogP contribution in [0.1, 0.15) is 48.9 Å². The highest BCUT2D eigenvalue weighted by Crippen LogP contribution is 2.21. The van der Waals surface area contributed by atoms with Gasteiger partial charge in [-0.3, -0.25) is 14.5 Å². The van der Waals surface area contributed by atoms with Gasteiger partial charge in [-0.2, -0.15) is 0 Å². The average molecular weight is 556 g/mol. The van der Waals surface area contributed by atoms with Crippen molar-refractivity contribution in [3.8, 4) is 0 Å². The second-order valence-electron chi connectivity index (χ2n) is 10.5. The summed E-state index contributed by atoms with van der Waals surface area (Å²) in [5.74, 6) is 0.0437. The average Bonchev–Trinajstić information content (AvgIpc) is 2.98. The number of ether oxygens (including phenoxy) is 1. The first-order valence-electron chi connectivity index (χ1n) is 14.3. The molecule has 3 aromatic carbocycles. The molecule has 8 nitrogen and oxygen atoms in total. The molecule has 3 aromatic rings. The van der Waals surface area contributed by atoms with Gasteiger partial charge in [0, 0.05) is 24.9 Å². The number of amides is 2. The summed E-state index contributed by atoms with van der Waals surface area (Å²) < 4.78 is 5.44. The van der Waals surface area contributed by atoms with Gasteiger partial charge in [0.25, 0.3) is 0 Å². The van der Waals surface area contributed by atoms with Gasteiger partial charge in [-0.05, 0) is 72.5 Å². The van der Waals surface area contributed by atoms with E-state index in [1.807, 2.05) is 48.5 Å². The Labute approximate surface area is 243 Å². The number of rotatable bonds is 12. The minimum atomic E-state index is -0.521. The number of nitrogen functional groups attached to an aromatic ring is 1. The van der Waals surface area contributed by atoms with Crippen LogP contribution in [0.15, 0.2) is 78.9 Å². The molecule has 1 aliphatic heterocycles. The van der Waals surface area contributed by atoms with Gasteiger partial charge < -0.3 is 26.4 Å². The van der Waals surface area contributed by atoms with Gasteiger partial charge in [-0.15, -0.1) is 0 Å². The van der Waals surface area contributed by atoms with Gasteiger partial charge in [-0.1, -0.05) is 62.4 Å². The summed E-state index contributed by atoms with van der Waals surface area (Å²) in [6, 6.07) is 22.3. The zero-order valence-electron chi connectivity index (χ0n) is 23.9. The van der Waals surface area contributed by atoms with Crippen molar-refractivity contribution in [2.75, 3.05) is 55.8 Å². The number of anilines is 3. The van der Waals surface area contributed by atoms with Crippen molar-refractivity contribution < 1.29 is 14.3 Å². The molecular formula is C33H41N5O3. The second kappa shape index (κ2) is 15.1. The quantitative estimate of drug-likeness (QED) is 0.142. The summed E-state index contributed by atoms with van der Waals surface area (Å²) in [7, 11) is 0. The van der Waals surface area contributed by atoms with Crippen molar-refractivity contribution >= 4 is 35.0 Å². The molecule has 0 saturated carbocycles. The number of hydrogen-bond acceptors (Lipinski definition) is 6. The molecule has 1 aliphatic rings. The Morgan fingerprint density at radius 1 is 0.927 bits per heavy atom. The van der Waals surface area contributed by atoms with Crippen molar-refractivity contribution in [1.29, 1.82) is 0 Å². The Kier molecular flexibility index (Phi) is 11.1. The van der Waals surface area contributed by atoms with E-state index in [0.717, 1.165) is 56.1 Å². The summed E-state index contributed by atoms with van der Waals surface area (Å²) in [5.41, 5.74) is 10.7. The molecule has 1 fully saturated rings. The maximum Gasteiger partial charge on any atom is 0.248 e. The van der Waals surface area contributed by atoms with E-state index >= 15 is 0 Å². The highest BCUT2D eigenvalue weighted by Gasteiger charge is 2.21. The lowest BCUT2D eigenvalue weighted by Crippen LogP contribution is -2.39. The van der Waals surface area contributed by atoms with Crippen molar-refractivity contribution in [3.63, 3.8) is 0 Å². The number of morpholine rings is 1. The number of carbonyl (C=O) groups is 2. The first-order valence-corrected chi connectivity index (χ1v) is 14.3. The lowest BCUT2D eigenvalue weighted by molar-refractivity contribution is -0.118. The molecule has 8 heteroatoms. The molecule has 216 valence electrons. The van der Waals surface area contributed by atoms with Crippen LogP contribution in [-0.4, -0.2) is 56.1 Å². The lowest BCUT2D eigenvalue weighted by Gasteiger charge is -2.27. The maximum absolute atomic E-state index is 13.5. The summed E-state index contributed by atoms with van der Waals surface area (Å²) in [5, 5.41) is 9.32. The first-order chi connectivity index (χ1) is 19.9. The number of carbonyl (C=O) groups excluding carboxylic acids is 2. The number of para-hydroxylation sites is 2. The molecule has 41 heavy (non-hydrogen) atoms. The van der Waals surface area contributed by atoms with Crippen LogP contribution in [0.25, 0.3) is 6.08 Å². The van der Waals surface area contributed by atoms with Crippen molar-refractivity contribution in [1.82, 2.24) is 10.2 Å². The normalized spacial score (nSPS) is 14.7. The van der Waals surface area contributed by atoms with Crippen LogP contribution < -0.4 is 21.7 Å². The topological polar surface area (TPSA) is 109 Å². The molecule has 5 N–H and O–H groups in total. The van der Waals surface area contributed by atoms with E-state index in [0.29, 0.717) is 23.8 Å². The van der Waals surface area contributed by atoms with Gasteiger partial charge in [0.15, 0.2) is 0 Å². The van der Waals surface area contributed by atoms with E-state index in [4.69, 9.17) is 10.5 Å². The fourth-order valence-electron chi connectivity index (χ4n) is 4.66. The second-order valence-corrected chi connectivity index (χ2v) is 10.5. The number of nitrogens with one attached hydrogen (secondary N) is 3. The smallest absolute Gasteiger partial charge is 0.248 e. The Morgan fingerprint density at radius 3 is 2.29 bits per heavy atom. The fourth-order valence-corrected chi connectivity index (χ4v) is 4.66. The molecule has 1 atom stereocenters. The minimum absolute atomic E-state index is 0.114. The molecule has 0 radical (unpaired) electrons. The fraction of sp³-hybridized carbons (Fsp3) is 0.333. The molecule has 1 saturated heterocycles. The Balaban J connectivity index is 1.40. The maximum atomic E-state index is 13.5. The van der Waals surface area contributed by atoms with E-state index in [9.17, 15) is 9.59 Å².